The molecule has 202 valence electrons. The molecular weight excluding hydrogens is 539 g/mol. The van der Waals surface area contributed by atoms with Crippen molar-refractivity contribution in [2.75, 3.05) is 38.1 Å². The molecule has 0 unspecified atom stereocenters. The van der Waals surface area contributed by atoms with Crippen molar-refractivity contribution in [3.63, 3.8) is 0 Å². The molecule has 0 aliphatic carbocycles. The quantitative estimate of drug-likeness (QED) is 0.450. The van der Waals surface area contributed by atoms with Crippen LogP contribution in [0.1, 0.15) is 15.9 Å². The molecule has 1 heterocycles. The van der Waals surface area contributed by atoms with Gasteiger partial charge in [-0.15, -0.1) is 0 Å². The molecule has 3 aromatic rings. The van der Waals surface area contributed by atoms with Crippen molar-refractivity contribution in [2.45, 2.75) is 12.5 Å². The second-order valence-electron chi connectivity index (χ2n) is 9.23. The number of hydrogen-bond donors (Lipinski definition) is 1. The van der Waals surface area contributed by atoms with Gasteiger partial charge in [-0.05, 0) is 54.1 Å². The van der Waals surface area contributed by atoms with E-state index in [0.717, 1.165) is 5.56 Å². The van der Waals surface area contributed by atoms with Crippen LogP contribution < -0.4 is 10.2 Å². The number of likely N-dealkylation sites (N-methyl/N-ethyl adjacent to an activating group) is 1. The van der Waals surface area contributed by atoms with Gasteiger partial charge in [0, 0.05) is 47.9 Å². The van der Waals surface area contributed by atoms with Crippen LogP contribution in [0.4, 0.5) is 5.69 Å². The van der Waals surface area contributed by atoms with Gasteiger partial charge in [-0.25, -0.2) is 0 Å². The summed E-state index contributed by atoms with van der Waals surface area (Å²) >= 11 is 11.9. The van der Waals surface area contributed by atoms with Crippen molar-refractivity contribution < 1.29 is 19.2 Å². The molecule has 0 radical (unpaired) electrons. The summed E-state index contributed by atoms with van der Waals surface area (Å²) in [5.41, 5.74) is 1.95. The van der Waals surface area contributed by atoms with Gasteiger partial charge < -0.3 is 20.0 Å². The molecule has 4 rings (SSSR count). The van der Waals surface area contributed by atoms with Crippen LogP contribution in [-0.4, -0.2) is 72.7 Å². The summed E-state index contributed by atoms with van der Waals surface area (Å²) in [5, 5.41) is 3.88. The van der Waals surface area contributed by atoms with Crippen molar-refractivity contribution in [3.8, 4) is 0 Å². The fraction of sp³-hybridized carbons (Fsp3) is 0.241. The van der Waals surface area contributed by atoms with Crippen LogP contribution in [-0.2, 0) is 20.8 Å². The highest BCUT2D eigenvalue weighted by atomic mass is 35.5. The lowest BCUT2D eigenvalue weighted by molar-refractivity contribution is -0.139. The Bertz CT molecular complexity index is 1330. The van der Waals surface area contributed by atoms with E-state index in [4.69, 9.17) is 23.2 Å². The second kappa shape index (κ2) is 12.8. The Morgan fingerprint density at radius 3 is 2.13 bits per heavy atom. The number of carbonyl (C=O) groups is 4. The highest BCUT2D eigenvalue weighted by Gasteiger charge is 2.31. The van der Waals surface area contributed by atoms with E-state index in [0.29, 0.717) is 21.3 Å². The molecular formula is C29H28Cl2N4O4. The Hall–Kier alpha value is -3.88. The van der Waals surface area contributed by atoms with Crippen LogP contribution in [0, 0.1) is 0 Å². The minimum Gasteiger partial charge on any atom is -0.342 e. The van der Waals surface area contributed by atoms with E-state index in [2.05, 4.69) is 5.32 Å². The van der Waals surface area contributed by atoms with Crippen LogP contribution >= 0.6 is 23.2 Å². The first-order chi connectivity index (χ1) is 18.7. The molecule has 0 saturated carbocycles. The first-order valence-electron chi connectivity index (χ1n) is 12.4. The maximum Gasteiger partial charge on any atom is 0.254 e. The van der Waals surface area contributed by atoms with Crippen LogP contribution in [0.2, 0.25) is 10.0 Å². The number of benzene rings is 3. The Kier molecular flexibility index (Phi) is 9.22. The second-order valence-corrected chi connectivity index (χ2v) is 10.1. The van der Waals surface area contributed by atoms with Gasteiger partial charge in [0.05, 0.1) is 6.54 Å². The maximum absolute atomic E-state index is 13.4. The summed E-state index contributed by atoms with van der Waals surface area (Å²) in [6, 6.07) is 21.8. The first kappa shape index (κ1) is 28.1. The van der Waals surface area contributed by atoms with Crippen LogP contribution in [0.15, 0.2) is 78.9 Å². The van der Waals surface area contributed by atoms with Gasteiger partial charge in [0.2, 0.25) is 17.7 Å². The SMILES string of the molecule is CN(C(=O)[C@H](Cc1ccccc1)NC(=O)CN1CCN(C(=O)c2ccc(Cl)cc2)CC1=O)c1ccc(Cl)cc1. The van der Waals surface area contributed by atoms with Gasteiger partial charge in [-0.3, -0.25) is 19.2 Å². The normalized spacial score (nSPS) is 14.1. The minimum atomic E-state index is -0.858. The average molecular weight is 567 g/mol. The molecule has 0 spiro atoms. The predicted octanol–water partition coefficient (Wildman–Crippen LogP) is 3.67. The zero-order chi connectivity index (χ0) is 27.9. The number of nitrogens with one attached hydrogen (secondary N) is 1. The highest BCUT2D eigenvalue weighted by Crippen LogP contribution is 2.19. The molecule has 8 nitrogen and oxygen atoms in total. The summed E-state index contributed by atoms with van der Waals surface area (Å²) in [6.07, 6.45) is 0.278. The number of amides is 4. The molecule has 0 aromatic heterocycles. The largest absolute Gasteiger partial charge is 0.342 e. The number of piperazine rings is 1. The summed E-state index contributed by atoms with van der Waals surface area (Å²) in [5.74, 6) is -1.38. The third kappa shape index (κ3) is 7.37. The molecule has 1 N–H and O–H groups in total. The first-order valence-corrected chi connectivity index (χ1v) is 13.2. The lowest BCUT2D eigenvalue weighted by atomic mass is 10.0. The predicted molar refractivity (Wildman–Crippen MR) is 151 cm³/mol. The van der Waals surface area contributed by atoms with Crippen LogP contribution in [0.3, 0.4) is 0 Å². The highest BCUT2D eigenvalue weighted by molar-refractivity contribution is 6.31. The van der Waals surface area contributed by atoms with E-state index in [9.17, 15) is 19.2 Å². The van der Waals surface area contributed by atoms with Gasteiger partial charge >= 0.3 is 0 Å². The van der Waals surface area contributed by atoms with E-state index in [1.54, 1.807) is 55.6 Å². The standard InChI is InChI=1S/C29H28Cl2N4O4/c1-33(24-13-11-23(31)12-14-24)29(39)25(17-20-5-3-2-4-6-20)32-26(36)18-34-15-16-35(19-27(34)37)28(38)21-7-9-22(30)10-8-21/h2-14,25H,15-19H2,1H3,(H,32,36)/t25-/m0/s1. The third-order valence-corrected chi connectivity index (χ3v) is 7.00. The van der Waals surface area contributed by atoms with E-state index >= 15 is 0 Å². The van der Waals surface area contributed by atoms with Crippen molar-refractivity contribution in [1.29, 1.82) is 0 Å². The van der Waals surface area contributed by atoms with Crippen molar-refractivity contribution >= 4 is 52.5 Å². The van der Waals surface area contributed by atoms with Crippen LogP contribution in [0.5, 0.6) is 0 Å². The lowest BCUT2D eigenvalue weighted by Crippen LogP contribution is -2.56. The minimum absolute atomic E-state index is 0.138. The molecule has 0 bridgehead atoms. The van der Waals surface area contributed by atoms with Gasteiger partial charge in [0.15, 0.2) is 0 Å². The monoisotopic (exact) mass is 566 g/mol. The molecule has 1 aliphatic rings. The summed E-state index contributed by atoms with van der Waals surface area (Å²) in [4.78, 5) is 56.4. The van der Waals surface area contributed by atoms with Gasteiger partial charge in [0.1, 0.15) is 12.6 Å². The maximum atomic E-state index is 13.4. The van der Waals surface area contributed by atoms with Crippen molar-refractivity contribution in [2.24, 2.45) is 0 Å². The Balaban J connectivity index is 1.40. The smallest absolute Gasteiger partial charge is 0.254 e. The van der Waals surface area contributed by atoms with Crippen molar-refractivity contribution in [3.05, 3.63) is 100 Å². The number of anilines is 1. The zero-order valence-corrected chi connectivity index (χ0v) is 22.9. The molecule has 1 saturated heterocycles. The van der Waals surface area contributed by atoms with Gasteiger partial charge in [-0.1, -0.05) is 53.5 Å². The Labute approximate surface area is 237 Å². The van der Waals surface area contributed by atoms with Gasteiger partial charge in [-0.2, -0.15) is 0 Å². The number of rotatable bonds is 8. The third-order valence-electron chi connectivity index (χ3n) is 6.49. The topological polar surface area (TPSA) is 90.0 Å². The number of halogens is 2. The molecule has 4 amide bonds. The molecule has 10 heteroatoms. The Morgan fingerprint density at radius 2 is 1.51 bits per heavy atom. The van der Waals surface area contributed by atoms with E-state index in [1.807, 2.05) is 30.3 Å². The number of hydrogen-bond acceptors (Lipinski definition) is 4. The molecule has 1 atom stereocenters. The van der Waals surface area contributed by atoms with Gasteiger partial charge in [0.25, 0.3) is 5.91 Å². The summed E-state index contributed by atoms with van der Waals surface area (Å²) in [6.45, 7) is 0.130. The number of carbonyl (C=O) groups excluding carboxylic acids is 4. The fourth-order valence-electron chi connectivity index (χ4n) is 4.31. The summed E-state index contributed by atoms with van der Waals surface area (Å²) < 4.78 is 0. The van der Waals surface area contributed by atoms with E-state index in [-0.39, 0.29) is 50.3 Å². The van der Waals surface area contributed by atoms with E-state index in [1.165, 1.54) is 14.7 Å². The molecule has 39 heavy (non-hydrogen) atoms. The van der Waals surface area contributed by atoms with Crippen molar-refractivity contribution in [1.82, 2.24) is 15.1 Å². The zero-order valence-electron chi connectivity index (χ0n) is 21.3. The molecule has 1 aliphatic heterocycles. The van der Waals surface area contributed by atoms with E-state index < -0.39 is 11.9 Å². The summed E-state index contributed by atoms with van der Waals surface area (Å²) in [7, 11) is 1.64. The average Bonchev–Trinajstić information content (AvgIpc) is 2.94. The molecule has 1 fully saturated rings. The Morgan fingerprint density at radius 1 is 0.897 bits per heavy atom. The number of nitrogens with zero attached hydrogens (tertiary/aromatic N) is 3. The lowest BCUT2D eigenvalue weighted by Gasteiger charge is -2.34. The molecule has 3 aromatic carbocycles. The van der Waals surface area contributed by atoms with Crippen LogP contribution in [0.25, 0.3) is 0 Å². The fourth-order valence-corrected chi connectivity index (χ4v) is 4.56.